The van der Waals surface area contributed by atoms with Gasteiger partial charge in [-0.2, -0.15) is 13.2 Å². The van der Waals surface area contributed by atoms with Crippen LogP contribution in [-0.4, -0.2) is 49.0 Å². The van der Waals surface area contributed by atoms with Gasteiger partial charge in [0, 0.05) is 99.4 Å². The Kier molecular flexibility index (Phi) is 9.39. The van der Waals surface area contributed by atoms with E-state index < -0.39 is 28.9 Å². The van der Waals surface area contributed by atoms with Crippen LogP contribution in [0.5, 0.6) is 0 Å². The molecule has 0 aliphatic heterocycles. The van der Waals surface area contributed by atoms with Crippen molar-refractivity contribution < 1.29 is 22.0 Å². The summed E-state index contributed by atoms with van der Waals surface area (Å²) in [6.45, 7) is 0. The van der Waals surface area contributed by atoms with Crippen molar-refractivity contribution in [2.45, 2.75) is 6.18 Å². The average Bonchev–Trinajstić information content (AvgIpc) is 3.87. The molecule has 0 saturated heterocycles. The van der Waals surface area contributed by atoms with Crippen molar-refractivity contribution in [1.82, 2.24) is 49.0 Å². The maximum Gasteiger partial charge on any atom is 0.417 e. The van der Waals surface area contributed by atoms with Gasteiger partial charge in [-0.3, -0.25) is 0 Å². The van der Waals surface area contributed by atoms with E-state index in [9.17, 15) is 0 Å². The van der Waals surface area contributed by atoms with Gasteiger partial charge in [-0.1, -0.05) is 0 Å². The van der Waals surface area contributed by atoms with Crippen molar-refractivity contribution in [2.75, 3.05) is 0 Å². The van der Waals surface area contributed by atoms with Crippen molar-refractivity contribution in [3.05, 3.63) is 194 Å². The predicted molar refractivity (Wildman–Crippen MR) is 250 cm³/mol. The SMILES string of the molecule is Fc1cc(F)cc(-c2cc(-n3c4ccc(-c5ncccn5)cc4c4cc(-c5ncccn5)ccc43)c(-n3c4ccc(-c5ncccn5)cc4c4cc(-c5ncccn5)ccc43)cc2C(F)(F)F)c1. The van der Waals surface area contributed by atoms with Gasteiger partial charge in [0.25, 0.3) is 0 Å². The highest BCUT2D eigenvalue weighted by Gasteiger charge is 2.36. The normalized spacial score (nSPS) is 11.9. The second-order valence-electron chi connectivity index (χ2n) is 15.9. The number of halogens is 5. The van der Waals surface area contributed by atoms with Gasteiger partial charge in [0.05, 0.1) is 39.0 Å². The molecule has 0 fully saturated rings. The molecule has 0 atom stereocenters. The average molecular weight is 901 g/mol. The summed E-state index contributed by atoms with van der Waals surface area (Å²) in [6, 6.07) is 34.2. The minimum atomic E-state index is -4.99. The van der Waals surface area contributed by atoms with Gasteiger partial charge in [-0.15, -0.1) is 0 Å². The number of fused-ring (bicyclic) bond motifs is 6. The molecule has 6 heterocycles. The molecule has 0 aliphatic carbocycles. The first-order chi connectivity index (χ1) is 33.2. The minimum Gasteiger partial charge on any atom is -0.307 e. The van der Waals surface area contributed by atoms with E-state index in [0.717, 1.165) is 18.2 Å². The molecule has 0 unspecified atom stereocenters. The quantitative estimate of drug-likeness (QED) is 0.145. The third kappa shape index (κ3) is 6.87. The summed E-state index contributed by atoms with van der Waals surface area (Å²) in [4.78, 5) is 35.9. The Labute approximate surface area is 381 Å². The van der Waals surface area contributed by atoms with E-state index in [4.69, 9.17) is 0 Å². The molecule has 0 amide bonds. The Hall–Kier alpha value is -9.11. The molecule has 6 aromatic heterocycles. The lowest BCUT2D eigenvalue weighted by Gasteiger charge is -2.22. The summed E-state index contributed by atoms with van der Waals surface area (Å²) in [5.74, 6) is -0.212. The van der Waals surface area contributed by atoms with Crippen molar-refractivity contribution in [3.63, 3.8) is 0 Å². The number of benzene rings is 6. The first-order valence-corrected chi connectivity index (χ1v) is 21.1. The van der Waals surface area contributed by atoms with E-state index in [1.165, 1.54) is 6.07 Å². The summed E-state index contributed by atoms with van der Waals surface area (Å²) >= 11 is 0. The number of nitrogens with zero attached hydrogens (tertiary/aromatic N) is 10. The Bertz CT molecular complexity index is 3700. The van der Waals surface area contributed by atoms with Crippen LogP contribution in [0.25, 0.3) is 112 Å². The maximum atomic E-state index is 15.8. The highest BCUT2D eigenvalue weighted by molar-refractivity contribution is 6.14. The van der Waals surface area contributed by atoms with Crippen LogP contribution in [-0.2, 0) is 6.18 Å². The smallest absolute Gasteiger partial charge is 0.307 e. The summed E-state index contributed by atoms with van der Waals surface area (Å²) in [5.41, 5.74) is 3.63. The zero-order chi connectivity index (χ0) is 46.1. The lowest BCUT2D eigenvalue weighted by molar-refractivity contribution is -0.137. The second kappa shape index (κ2) is 15.8. The third-order valence-corrected chi connectivity index (χ3v) is 11.9. The summed E-state index contributed by atoms with van der Waals surface area (Å²) in [6.07, 6.45) is 8.11. The highest BCUT2D eigenvalue weighted by atomic mass is 19.4. The number of hydrogen-bond donors (Lipinski definition) is 0. The maximum absolute atomic E-state index is 15.8. The Balaban J connectivity index is 1.23. The zero-order valence-corrected chi connectivity index (χ0v) is 35.1. The van der Waals surface area contributed by atoms with Crippen LogP contribution >= 0.6 is 0 Å². The monoisotopic (exact) mass is 900 g/mol. The Morgan fingerprint density at radius 3 is 0.956 bits per heavy atom. The van der Waals surface area contributed by atoms with Crippen molar-refractivity contribution in [3.8, 4) is 68.1 Å². The standard InChI is InChI=1S/C53H29F5N10/c54-35-21-34(22-36(55)27-35)37-28-47(67-43-9-5-30(49-59-13-1-14-60-49)23-38(43)39-24-31(6-10-44(39)67)50-61-15-2-16-62-50)48(29-42(37)53(56,57)58)68-45-11-7-32(51-63-17-3-18-64-51)25-40(45)41-26-33(8-12-46(41)68)52-65-19-4-20-66-52/h1-29H. The van der Waals surface area contributed by atoms with Gasteiger partial charge in [-0.05, 0) is 132 Å². The van der Waals surface area contributed by atoms with Crippen molar-refractivity contribution >= 4 is 43.6 Å². The van der Waals surface area contributed by atoms with Gasteiger partial charge >= 0.3 is 6.18 Å². The Morgan fingerprint density at radius 2 is 0.647 bits per heavy atom. The van der Waals surface area contributed by atoms with Gasteiger partial charge < -0.3 is 9.13 Å². The first kappa shape index (κ1) is 40.4. The van der Waals surface area contributed by atoms with E-state index in [1.807, 2.05) is 77.4 Å². The molecule has 326 valence electrons. The van der Waals surface area contributed by atoms with E-state index in [-0.39, 0.29) is 16.9 Å². The predicted octanol–water partition coefficient (Wildman–Crippen LogP) is 12.7. The fourth-order valence-electron chi connectivity index (χ4n) is 9.03. The first-order valence-electron chi connectivity index (χ1n) is 21.1. The lowest BCUT2D eigenvalue weighted by Crippen LogP contribution is -2.12. The van der Waals surface area contributed by atoms with E-state index >= 15 is 22.0 Å². The minimum absolute atomic E-state index is 0.120. The molecule has 12 aromatic rings. The fraction of sp³-hybridized carbons (Fsp3) is 0.0189. The second-order valence-corrected chi connectivity index (χ2v) is 15.9. The molecular formula is C53H29F5N10. The Morgan fingerprint density at radius 1 is 0.338 bits per heavy atom. The molecule has 68 heavy (non-hydrogen) atoms. The summed E-state index contributed by atoms with van der Waals surface area (Å²) in [5, 5.41) is 2.80. The highest BCUT2D eigenvalue weighted by Crippen LogP contribution is 2.46. The van der Waals surface area contributed by atoms with Gasteiger partial charge in [0.15, 0.2) is 23.3 Å². The molecular weight excluding hydrogens is 872 g/mol. The van der Waals surface area contributed by atoms with E-state index in [1.54, 1.807) is 78.4 Å². The van der Waals surface area contributed by atoms with Crippen LogP contribution in [0.15, 0.2) is 177 Å². The molecule has 6 aromatic carbocycles. The van der Waals surface area contributed by atoms with Gasteiger partial charge in [-0.25, -0.2) is 48.7 Å². The van der Waals surface area contributed by atoms with Crippen molar-refractivity contribution in [2.24, 2.45) is 0 Å². The molecule has 0 saturated carbocycles. The van der Waals surface area contributed by atoms with Crippen LogP contribution in [0, 0.1) is 11.6 Å². The van der Waals surface area contributed by atoms with Crippen molar-refractivity contribution in [1.29, 1.82) is 0 Å². The molecule has 0 aliphatic rings. The van der Waals surface area contributed by atoms with Crippen LogP contribution < -0.4 is 0 Å². The largest absolute Gasteiger partial charge is 0.417 e. The van der Waals surface area contributed by atoms with Gasteiger partial charge in [0.2, 0.25) is 0 Å². The number of alkyl halides is 3. The fourth-order valence-corrected chi connectivity index (χ4v) is 9.03. The van der Waals surface area contributed by atoms with E-state index in [0.29, 0.717) is 95.2 Å². The van der Waals surface area contributed by atoms with Gasteiger partial charge in [0.1, 0.15) is 11.6 Å². The molecule has 10 nitrogen and oxygen atoms in total. The zero-order valence-electron chi connectivity index (χ0n) is 35.1. The van der Waals surface area contributed by atoms with Crippen LogP contribution in [0.4, 0.5) is 22.0 Å². The lowest BCUT2D eigenvalue weighted by atomic mass is 9.96. The number of aromatic nitrogens is 10. The third-order valence-electron chi connectivity index (χ3n) is 11.9. The molecule has 0 spiro atoms. The topological polar surface area (TPSA) is 113 Å². The molecule has 0 radical (unpaired) electrons. The number of rotatable bonds is 7. The number of hydrogen-bond acceptors (Lipinski definition) is 8. The van der Waals surface area contributed by atoms with Crippen LogP contribution in [0.3, 0.4) is 0 Å². The summed E-state index contributed by atoms with van der Waals surface area (Å²) in [7, 11) is 0. The molecule has 0 bridgehead atoms. The van der Waals surface area contributed by atoms with E-state index in [2.05, 4.69) is 39.9 Å². The van der Waals surface area contributed by atoms with Crippen LogP contribution in [0.2, 0.25) is 0 Å². The molecule has 0 N–H and O–H groups in total. The molecule has 15 heteroatoms. The molecule has 12 rings (SSSR count). The van der Waals surface area contributed by atoms with Crippen LogP contribution in [0.1, 0.15) is 5.56 Å². The summed E-state index contributed by atoms with van der Waals surface area (Å²) < 4.78 is 81.2.